The molecule has 5 rings (SSSR count). The van der Waals surface area contributed by atoms with Gasteiger partial charge in [-0.3, -0.25) is 4.79 Å². The molecule has 2 aliphatic heterocycles. The number of nitrogens with zero attached hydrogens (tertiary/aromatic N) is 3. The molecular formula is C22H25N5O3S. The van der Waals surface area contributed by atoms with Gasteiger partial charge in [0.1, 0.15) is 10.7 Å². The molecule has 3 aromatic rings. The molecule has 2 atom stereocenters. The number of hydrogen-bond acceptors (Lipinski definition) is 5. The molecule has 0 saturated carbocycles. The van der Waals surface area contributed by atoms with Crippen molar-refractivity contribution in [3.8, 4) is 0 Å². The number of para-hydroxylation sites is 1. The molecule has 2 aliphatic rings. The molecule has 31 heavy (non-hydrogen) atoms. The van der Waals surface area contributed by atoms with E-state index in [1.807, 2.05) is 47.7 Å². The van der Waals surface area contributed by atoms with Crippen molar-refractivity contribution in [1.29, 1.82) is 0 Å². The van der Waals surface area contributed by atoms with Gasteiger partial charge in [-0.2, -0.15) is 4.72 Å². The van der Waals surface area contributed by atoms with E-state index in [9.17, 15) is 13.2 Å². The second-order valence-electron chi connectivity index (χ2n) is 8.31. The number of rotatable bonds is 2. The van der Waals surface area contributed by atoms with Gasteiger partial charge in [-0.15, -0.1) is 0 Å². The number of hydrogen-bond donors (Lipinski definition) is 2. The molecule has 0 spiro atoms. The number of likely N-dealkylation sites (tertiary alicyclic amines) is 1. The minimum atomic E-state index is -3.58. The number of aryl methyl sites for hydroxylation is 2. The number of benzene rings is 2. The number of imidazole rings is 1. The summed E-state index contributed by atoms with van der Waals surface area (Å²) in [4.78, 5) is 19.8. The first kappa shape index (κ1) is 20.0. The van der Waals surface area contributed by atoms with Gasteiger partial charge in [0.25, 0.3) is 5.91 Å². The highest BCUT2D eigenvalue weighted by molar-refractivity contribution is 7.89. The predicted octanol–water partition coefficient (Wildman–Crippen LogP) is 2.46. The van der Waals surface area contributed by atoms with Crippen molar-refractivity contribution < 1.29 is 13.2 Å². The molecule has 1 saturated heterocycles. The van der Waals surface area contributed by atoms with Crippen LogP contribution in [0.15, 0.2) is 47.4 Å². The summed E-state index contributed by atoms with van der Waals surface area (Å²) >= 11 is 0. The Morgan fingerprint density at radius 2 is 2.00 bits per heavy atom. The summed E-state index contributed by atoms with van der Waals surface area (Å²) in [5, 5.41) is 3.31. The number of carbonyl (C=O) groups excluding carboxylic acids is 1. The molecule has 162 valence electrons. The Labute approximate surface area is 181 Å². The Balaban J connectivity index is 1.37. The van der Waals surface area contributed by atoms with Crippen LogP contribution in [0.4, 0.5) is 5.69 Å². The lowest BCUT2D eigenvalue weighted by Crippen LogP contribution is -2.54. The average Bonchev–Trinajstić information content (AvgIpc) is 3.06. The highest BCUT2D eigenvalue weighted by Crippen LogP contribution is 2.30. The number of anilines is 1. The van der Waals surface area contributed by atoms with Crippen molar-refractivity contribution in [2.24, 2.45) is 13.0 Å². The zero-order valence-electron chi connectivity index (χ0n) is 17.5. The van der Waals surface area contributed by atoms with Crippen LogP contribution in [0.3, 0.4) is 0 Å². The molecule has 3 heterocycles. The summed E-state index contributed by atoms with van der Waals surface area (Å²) in [6, 6.07) is 12.5. The number of sulfonamides is 1. The third kappa shape index (κ3) is 3.47. The molecule has 1 fully saturated rings. The topological polar surface area (TPSA) is 96.3 Å². The first-order valence-electron chi connectivity index (χ1n) is 10.4. The minimum Gasteiger partial charge on any atom is -0.368 e. The summed E-state index contributed by atoms with van der Waals surface area (Å²) in [7, 11) is -1.63. The van der Waals surface area contributed by atoms with Crippen molar-refractivity contribution in [3.63, 3.8) is 0 Å². The molecule has 9 heteroatoms. The molecule has 0 aliphatic carbocycles. The Morgan fingerprint density at radius 1 is 1.19 bits per heavy atom. The smallest absolute Gasteiger partial charge is 0.253 e. The van der Waals surface area contributed by atoms with Crippen LogP contribution in [0.2, 0.25) is 0 Å². The van der Waals surface area contributed by atoms with E-state index in [2.05, 4.69) is 15.0 Å². The molecule has 0 bridgehead atoms. The van der Waals surface area contributed by atoms with Crippen LogP contribution in [0.1, 0.15) is 29.0 Å². The molecule has 1 aromatic heterocycles. The van der Waals surface area contributed by atoms with Crippen LogP contribution in [-0.2, 0) is 17.1 Å². The lowest BCUT2D eigenvalue weighted by Gasteiger charge is -2.39. The standard InChI is InChI=1S/C22H25N5O3S/c1-14-23-18-12-15(9-10-19(18)26(14)2)22(28)27-11-5-6-16(13-27)21-24-17-7-3-4-8-20(17)31(29,30)25-21/h3-4,7-10,12,16,21,24-25H,5-6,11,13H2,1-2H3. The van der Waals surface area contributed by atoms with Gasteiger partial charge in [0.2, 0.25) is 10.0 Å². The Bertz CT molecular complexity index is 1280. The maximum atomic E-state index is 13.2. The zero-order chi connectivity index (χ0) is 21.8. The zero-order valence-corrected chi connectivity index (χ0v) is 18.3. The SMILES string of the molecule is Cc1nc2cc(C(=O)N3CCCC(C4Nc5ccccc5S(=O)(=O)N4)C3)ccc2n1C. The summed E-state index contributed by atoms with van der Waals surface area (Å²) in [6.45, 7) is 3.08. The Hall–Kier alpha value is -2.91. The van der Waals surface area contributed by atoms with Gasteiger partial charge in [-0.25, -0.2) is 13.4 Å². The van der Waals surface area contributed by atoms with Gasteiger partial charge in [0, 0.05) is 31.6 Å². The number of aromatic nitrogens is 2. The third-order valence-electron chi connectivity index (χ3n) is 6.34. The van der Waals surface area contributed by atoms with Crippen molar-refractivity contribution in [1.82, 2.24) is 19.2 Å². The lowest BCUT2D eigenvalue weighted by atomic mass is 9.94. The molecule has 2 aromatic carbocycles. The van der Waals surface area contributed by atoms with Crippen molar-refractivity contribution in [2.45, 2.75) is 30.8 Å². The third-order valence-corrected chi connectivity index (χ3v) is 7.84. The van der Waals surface area contributed by atoms with E-state index in [1.165, 1.54) is 0 Å². The van der Waals surface area contributed by atoms with E-state index < -0.39 is 16.2 Å². The minimum absolute atomic E-state index is 0.0262. The average molecular weight is 440 g/mol. The fraction of sp³-hybridized carbons (Fsp3) is 0.364. The van der Waals surface area contributed by atoms with Gasteiger partial charge < -0.3 is 14.8 Å². The second-order valence-corrected chi connectivity index (χ2v) is 10.00. The summed E-state index contributed by atoms with van der Waals surface area (Å²) in [6.07, 6.45) is 1.21. The first-order chi connectivity index (χ1) is 14.8. The first-order valence-corrected chi connectivity index (χ1v) is 11.9. The normalized spacial score (nSPS) is 22.7. The quantitative estimate of drug-likeness (QED) is 0.640. The van der Waals surface area contributed by atoms with Crippen LogP contribution in [-0.4, -0.2) is 48.0 Å². The van der Waals surface area contributed by atoms with E-state index in [1.54, 1.807) is 18.2 Å². The van der Waals surface area contributed by atoms with Crippen LogP contribution in [0.25, 0.3) is 11.0 Å². The Kier molecular flexibility index (Phi) is 4.75. The van der Waals surface area contributed by atoms with Gasteiger partial charge in [0.05, 0.1) is 22.9 Å². The summed E-state index contributed by atoms with van der Waals surface area (Å²) in [5.74, 6) is 0.823. The lowest BCUT2D eigenvalue weighted by molar-refractivity contribution is 0.0659. The van der Waals surface area contributed by atoms with E-state index in [-0.39, 0.29) is 16.7 Å². The predicted molar refractivity (Wildman–Crippen MR) is 118 cm³/mol. The van der Waals surface area contributed by atoms with Crippen molar-refractivity contribution >= 4 is 32.7 Å². The molecule has 1 amide bonds. The summed E-state index contributed by atoms with van der Waals surface area (Å²) in [5.41, 5.74) is 3.00. The number of amides is 1. The molecule has 2 unspecified atom stereocenters. The van der Waals surface area contributed by atoms with Gasteiger partial charge >= 0.3 is 0 Å². The number of fused-ring (bicyclic) bond motifs is 2. The van der Waals surface area contributed by atoms with Gasteiger partial charge in [0.15, 0.2) is 0 Å². The monoisotopic (exact) mass is 439 g/mol. The van der Waals surface area contributed by atoms with Crippen molar-refractivity contribution in [2.75, 3.05) is 18.4 Å². The van der Waals surface area contributed by atoms with E-state index in [0.29, 0.717) is 24.3 Å². The second kappa shape index (κ2) is 7.35. The van der Waals surface area contributed by atoms with E-state index in [0.717, 1.165) is 29.7 Å². The largest absolute Gasteiger partial charge is 0.368 e. The van der Waals surface area contributed by atoms with Crippen LogP contribution in [0, 0.1) is 12.8 Å². The van der Waals surface area contributed by atoms with Crippen LogP contribution in [0.5, 0.6) is 0 Å². The molecule has 8 nitrogen and oxygen atoms in total. The summed E-state index contributed by atoms with van der Waals surface area (Å²) < 4.78 is 30.1. The van der Waals surface area contributed by atoms with Gasteiger partial charge in [-0.05, 0) is 50.1 Å². The fourth-order valence-electron chi connectivity index (χ4n) is 4.56. The van der Waals surface area contributed by atoms with Crippen LogP contribution < -0.4 is 10.0 Å². The highest BCUT2D eigenvalue weighted by Gasteiger charge is 2.36. The molecular weight excluding hydrogens is 414 g/mol. The highest BCUT2D eigenvalue weighted by atomic mass is 32.2. The van der Waals surface area contributed by atoms with Crippen LogP contribution >= 0.6 is 0 Å². The number of carbonyl (C=O) groups is 1. The molecule has 2 N–H and O–H groups in total. The van der Waals surface area contributed by atoms with Crippen molar-refractivity contribution in [3.05, 3.63) is 53.9 Å². The van der Waals surface area contributed by atoms with E-state index in [4.69, 9.17) is 0 Å². The number of piperidine rings is 1. The maximum Gasteiger partial charge on any atom is 0.253 e. The van der Waals surface area contributed by atoms with Gasteiger partial charge in [-0.1, -0.05) is 12.1 Å². The maximum absolute atomic E-state index is 13.2. The fourth-order valence-corrected chi connectivity index (χ4v) is 5.95. The van der Waals surface area contributed by atoms with E-state index >= 15 is 0 Å². The Morgan fingerprint density at radius 3 is 2.84 bits per heavy atom. The molecule has 0 radical (unpaired) electrons. The number of nitrogens with one attached hydrogen (secondary N) is 2.